The molecule has 0 radical (unpaired) electrons. The van der Waals surface area contributed by atoms with Gasteiger partial charge in [0.2, 0.25) is 0 Å². The average molecular weight is 264 g/mol. The van der Waals surface area contributed by atoms with Crippen LogP contribution in [0.4, 0.5) is 0 Å². The zero-order chi connectivity index (χ0) is 14.1. The minimum Gasteiger partial charge on any atom is -0.320 e. The number of benzene rings is 1. The molecule has 0 saturated carbocycles. The maximum atomic E-state index is 6.39. The van der Waals surface area contributed by atoms with Gasteiger partial charge in [-0.15, -0.1) is 0 Å². The number of fused-ring (bicyclic) bond motifs is 1. The molecule has 3 rings (SSSR count). The summed E-state index contributed by atoms with van der Waals surface area (Å²) in [5.41, 5.74) is 11.2. The second-order valence-electron chi connectivity index (χ2n) is 4.96. The Morgan fingerprint density at radius 2 is 1.90 bits per heavy atom. The Bertz CT molecular complexity index is 767. The van der Waals surface area contributed by atoms with Crippen LogP contribution in [0.15, 0.2) is 42.6 Å². The number of hydrogen-bond donors (Lipinski definition) is 1. The van der Waals surface area contributed by atoms with Gasteiger partial charge < -0.3 is 5.73 Å². The first-order valence-electron chi connectivity index (χ1n) is 6.56. The highest BCUT2D eigenvalue weighted by Crippen LogP contribution is 2.24. The molecule has 1 aromatic carbocycles. The highest BCUT2D eigenvalue weighted by Gasteiger charge is 2.13. The number of aromatic nitrogens is 3. The molecule has 0 amide bonds. The van der Waals surface area contributed by atoms with Gasteiger partial charge in [-0.1, -0.05) is 12.1 Å². The lowest BCUT2D eigenvalue weighted by atomic mass is 9.97. The van der Waals surface area contributed by atoms with Crippen molar-refractivity contribution < 1.29 is 0 Å². The lowest BCUT2D eigenvalue weighted by molar-refractivity contribution is 0.814. The molecule has 20 heavy (non-hydrogen) atoms. The van der Waals surface area contributed by atoms with Crippen molar-refractivity contribution in [1.82, 2.24) is 15.2 Å². The minimum atomic E-state index is -0.200. The van der Waals surface area contributed by atoms with Crippen LogP contribution >= 0.6 is 0 Å². The maximum absolute atomic E-state index is 6.39. The van der Waals surface area contributed by atoms with Crippen molar-refractivity contribution in [3.63, 3.8) is 0 Å². The number of hydrogen-bond acceptors (Lipinski definition) is 4. The second kappa shape index (κ2) is 4.98. The Morgan fingerprint density at radius 1 is 1.05 bits per heavy atom. The van der Waals surface area contributed by atoms with E-state index in [4.69, 9.17) is 5.73 Å². The van der Waals surface area contributed by atoms with Crippen molar-refractivity contribution in [3.05, 3.63) is 65.1 Å². The second-order valence-corrected chi connectivity index (χ2v) is 4.96. The summed E-state index contributed by atoms with van der Waals surface area (Å²) in [6.07, 6.45) is 1.79. The SMILES string of the molecule is Cc1cc(C(N)c2ccc3ncccc3c2)c(C)nn1. The molecule has 0 aliphatic carbocycles. The van der Waals surface area contributed by atoms with Gasteiger partial charge in [0, 0.05) is 11.6 Å². The van der Waals surface area contributed by atoms with E-state index in [2.05, 4.69) is 21.2 Å². The summed E-state index contributed by atoms with van der Waals surface area (Å²) in [5.74, 6) is 0. The maximum Gasteiger partial charge on any atom is 0.0702 e. The Hall–Kier alpha value is -2.33. The first-order chi connectivity index (χ1) is 9.65. The van der Waals surface area contributed by atoms with Gasteiger partial charge in [-0.2, -0.15) is 10.2 Å². The van der Waals surface area contributed by atoms with Gasteiger partial charge in [0.25, 0.3) is 0 Å². The van der Waals surface area contributed by atoms with E-state index in [1.54, 1.807) is 6.20 Å². The summed E-state index contributed by atoms with van der Waals surface area (Å²) in [6, 6.07) is 11.9. The first kappa shape index (κ1) is 12.7. The largest absolute Gasteiger partial charge is 0.320 e. The molecule has 4 heteroatoms. The predicted octanol–water partition coefficient (Wildman–Crippen LogP) is 2.69. The summed E-state index contributed by atoms with van der Waals surface area (Å²) in [5, 5.41) is 9.29. The number of nitrogens with two attached hydrogens (primary N) is 1. The molecule has 0 saturated heterocycles. The summed E-state index contributed by atoms with van der Waals surface area (Å²) in [6.45, 7) is 3.86. The molecular formula is C16H16N4. The van der Waals surface area contributed by atoms with Gasteiger partial charge in [0.1, 0.15) is 0 Å². The predicted molar refractivity (Wildman–Crippen MR) is 79.3 cm³/mol. The third kappa shape index (κ3) is 2.26. The highest BCUT2D eigenvalue weighted by molar-refractivity contribution is 5.79. The molecule has 0 aliphatic rings. The van der Waals surface area contributed by atoms with Crippen LogP contribution in [0, 0.1) is 13.8 Å². The number of aryl methyl sites for hydroxylation is 2. The summed E-state index contributed by atoms with van der Waals surface area (Å²) in [7, 11) is 0. The van der Waals surface area contributed by atoms with E-state index in [0.29, 0.717) is 0 Å². The fraction of sp³-hybridized carbons (Fsp3) is 0.188. The monoisotopic (exact) mass is 264 g/mol. The molecule has 100 valence electrons. The molecule has 1 atom stereocenters. The standard InChI is InChI=1S/C16H16N4/c1-10-8-14(11(2)20-19-10)16(17)13-5-6-15-12(9-13)4-3-7-18-15/h3-9,16H,17H2,1-2H3. The molecule has 1 unspecified atom stereocenters. The highest BCUT2D eigenvalue weighted by atomic mass is 15.1. The Morgan fingerprint density at radius 3 is 2.75 bits per heavy atom. The van der Waals surface area contributed by atoms with Crippen molar-refractivity contribution in [2.75, 3.05) is 0 Å². The lowest BCUT2D eigenvalue weighted by Crippen LogP contribution is -2.15. The van der Waals surface area contributed by atoms with Gasteiger partial charge in [-0.25, -0.2) is 0 Å². The van der Waals surface area contributed by atoms with Crippen LogP contribution in [-0.4, -0.2) is 15.2 Å². The van der Waals surface area contributed by atoms with Crippen molar-refractivity contribution in [2.24, 2.45) is 5.73 Å². The van der Waals surface area contributed by atoms with Crippen molar-refractivity contribution in [3.8, 4) is 0 Å². The topological polar surface area (TPSA) is 64.7 Å². The van der Waals surface area contributed by atoms with E-state index in [-0.39, 0.29) is 6.04 Å². The fourth-order valence-corrected chi connectivity index (χ4v) is 2.35. The van der Waals surface area contributed by atoms with Gasteiger partial charge >= 0.3 is 0 Å². The van der Waals surface area contributed by atoms with Gasteiger partial charge in [-0.05, 0) is 49.2 Å². The van der Waals surface area contributed by atoms with Crippen molar-refractivity contribution in [2.45, 2.75) is 19.9 Å². The lowest BCUT2D eigenvalue weighted by Gasteiger charge is -2.15. The molecule has 3 aromatic rings. The Kier molecular flexibility index (Phi) is 3.16. The minimum absolute atomic E-state index is 0.200. The number of nitrogens with zero attached hydrogens (tertiary/aromatic N) is 3. The van der Waals surface area contributed by atoms with Gasteiger partial charge in [0.05, 0.1) is 22.9 Å². The number of rotatable bonds is 2. The van der Waals surface area contributed by atoms with Gasteiger partial charge in [0.15, 0.2) is 0 Å². The molecule has 0 spiro atoms. The number of pyridine rings is 1. The third-order valence-corrected chi connectivity index (χ3v) is 3.46. The summed E-state index contributed by atoms with van der Waals surface area (Å²) < 4.78 is 0. The van der Waals surface area contributed by atoms with E-state index in [1.807, 2.05) is 44.2 Å². The first-order valence-corrected chi connectivity index (χ1v) is 6.56. The van der Waals surface area contributed by atoms with Crippen LogP contribution in [0.1, 0.15) is 28.6 Å². The molecule has 4 nitrogen and oxygen atoms in total. The molecular weight excluding hydrogens is 248 g/mol. The van der Waals surface area contributed by atoms with Crippen LogP contribution in [0.3, 0.4) is 0 Å². The van der Waals surface area contributed by atoms with Crippen LogP contribution in [0.2, 0.25) is 0 Å². The Labute approximate surface area is 117 Å². The van der Waals surface area contributed by atoms with Crippen LogP contribution in [-0.2, 0) is 0 Å². The normalized spacial score (nSPS) is 12.6. The summed E-state index contributed by atoms with van der Waals surface area (Å²) >= 11 is 0. The van der Waals surface area contributed by atoms with Crippen LogP contribution in [0.5, 0.6) is 0 Å². The average Bonchev–Trinajstić information content (AvgIpc) is 2.48. The molecule has 0 bridgehead atoms. The van der Waals surface area contributed by atoms with E-state index < -0.39 is 0 Å². The van der Waals surface area contributed by atoms with E-state index in [1.165, 1.54) is 0 Å². The molecule has 0 fully saturated rings. The van der Waals surface area contributed by atoms with Crippen LogP contribution < -0.4 is 5.73 Å². The van der Waals surface area contributed by atoms with E-state index in [9.17, 15) is 0 Å². The Balaban J connectivity index is 2.07. The third-order valence-electron chi connectivity index (χ3n) is 3.46. The smallest absolute Gasteiger partial charge is 0.0702 e. The van der Waals surface area contributed by atoms with Crippen molar-refractivity contribution >= 4 is 10.9 Å². The molecule has 0 aliphatic heterocycles. The van der Waals surface area contributed by atoms with E-state index >= 15 is 0 Å². The summed E-state index contributed by atoms with van der Waals surface area (Å²) in [4.78, 5) is 4.32. The molecule has 2 aromatic heterocycles. The van der Waals surface area contributed by atoms with Crippen molar-refractivity contribution in [1.29, 1.82) is 0 Å². The quantitative estimate of drug-likeness (QED) is 0.773. The fourth-order valence-electron chi connectivity index (χ4n) is 2.35. The van der Waals surface area contributed by atoms with Crippen LogP contribution in [0.25, 0.3) is 10.9 Å². The molecule has 2 heterocycles. The molecule has 2 N–H and O–H groups in total. The van der Waals surface area contributed by atoms with E-state index in [0.717, 1.165) is 33.4 Å². The zero-order valence-corrected chi connectivity index (χ0v) is 11.5. The zero-order valence-electron chi connectivity index (χ0n) is 11.5. The van der Waals surface area contributed by atoms with Gasteiger partial charge in [-0.3, -0.25) is 4.98 Å².